The van der Waals surface area contributed by atoms with Crippen LogP contribution in [0.1, 0.15) is 47.4 Å². The molecular weight excluding hydrogens is 309 g/mol. The van der Waals surface area contributed by atoms with Gasteiger partial charge in [0, 0.05) is 13.2 Å². The van der Waals surface area contributed by atoms with Gasteiger partial charge in [0.15, 0.2) is 17.8 Å². The lowest BCUT2D eigenvalue weighted by atomic mass is 9.97. The molecule has 4 rings (SSSR count). The number of carbonyl (C=O) groups excluding carboxylic acids is 1. The van der Waals surface area contributed by atoms with Gasteiger partial charge in [0.1, 0.15) is 0 Å². The fraction of sp³-hybridized carbons (Fsp3) is 0.389. The first-order chi connectivity index (χ1) is 11.7. The molecule has 2 aliphatic heterocycles. The number of Topliss-reactive ketones (excluding diaryl/α,β-unsaturated/α-hetero) is 1. The second-order valence-electron chi connectivity index (χ2n) is 6.15. The van der Waals surface area contributed by atoms with Gasteiger partial charge in [-0.3, -0.25) is 4.79 Å². The summed E-state index contributed by atoms with van der Waals surface area (Å²) >= 11 is 0. The number of aromatic nitrogens is 2. The summed E-state index contributed by atoms with van der Waals surface area (Å²) in [5.41, 5.74) is 1.27. The fourth-order valence-corrected chi connectivity index (χ4v) is 3.26. The SMILES string of the molecule is O=C1CC(C(F)c2ccccc2)=Nc2c1cnn2C1CCOCC1. The third-order valence-electron chi connectivity index (χ3n) is 4.58. The Kier molecular flexibility index (Phi) is 3.98. The van der Waals surface area contributed by atoms with Crippen molar-refractivity contribution in [2.75, 3.05) is 13.2 Å². The Morgan fingerprint density at radius 1 is 1.21 bits per heavy atom. The number of benzene rings is 1. The molecule has 5 nitrogen and oxygen atoms in total. The molecule has 0 spiro atoms. The molecule has 24 heavy (non-hydrogen) atoms. The Morgan fingerprint density at radius 3 is 2.71 bits per heavy atom. The molecule has 124 valence electrons. The molecule has 0 saturated carbocycles. The maximum absolute atomic E-state index is 14.8. The average molecular weight is 327 g/mol. The van der Waals surface area contributed by atoms with Crippen LogP contribution in [-0.4, -0.2) is 34.5 Å². The summed E-state index contributed by atoms with van der Waals surface area (Å²) in [6, 6.07) is 8.97. The van der Waals surface area contributed by atoms with Crippen molar-refractivity contribution in [1.82, 2.24) is 9.78 Å². The van der Waals surface area contributed by atoms with Crippen LogP contribution in [0.25, 0.3) is 0 Å². The van der Waals surface area contributed by atoms with Crippen molar-refractivity contribution >= 4 is 17.3 Å². The van der Waals surface area contributed by atoms with E-state index in [0.29, 0.717) is 30.2 Å². The van der Waals surface area contributed by atoms with Gasteiger partial charge in [0.05, 0.1) is 29.9 Å². The van der Waals surface area contributed by atoms with Crippen LogP contribution in [-0.2, 0) is 4.74 Å². The number of carbonyl (C=O) groups is 1. The molecule has 6 heteroatoms. The number of ether oxygens (including phenoxy) is 1. The normalized spacial score (nSPS) is 19.7. The minimum atomic E-state index is -1.37. The topological polar surface area (TPSA) is 56.5 Å². The number of hydrogen-bond donors (Lipinski definition) is 0. The van der Waals surface area contributed by atoms with E-state index < -0.39 is 6.17 Å². The van der Waals surface area contributed by atoms with Gasteiger partial charge in [0.2, 0.25) is 0 Å². The summed E-state index contributed by atoms with van der Waals surface area (Å²) in [6.45, 7) is 1.33. The van der Waals surface area contributed by atoms with Crippen LogP contribution >= 0.6 is 0 Å². The number of ketones is 1. The first-order valence-electron chi connectivity index (χ1n) is 8.19. The summed E-state index contributed by atoms with van der Waals surface area (Å²) in [7, 11) is 0. The molecule has 0 radical (unpaired) electrons. The Labute approximate surface area is 139 Å². The van der Waals surface area contributed by atoms with E-state index in [-0.39, 0.29) is 24.0 Å². The van der Waals surface area contributed by atoms with Crippen molar-refractivity contribution in [3.05, 3.63) is 47.7 Å². The molecular formula is C18H18FN3O2. The number of alkyl halides is 1. The minimum Gasteiger partial charge on any atom is -0.381 e. The van der Waals surface area contributed by atoms with Crippen LogP contribution in [0.15, 0.2) is 41.5 Å². The first-order valence-corrected chi connectivity index (χ1v) is 8.19. The summed E-state index contributed by atoms with van der Waals surface area (Å²) in [5, 5.41) is 4.35. The van der Waals surface area contributed by atoms with Crippen LogP contribution in [0.4, 0.5) is 10.2 Å². The largest absolute Gasteiger partial charge is 0.381 e. The van der Waals surface area contributed by atoms with Gasteiger partial charge < -0.3 is 4.74 Å². The Bertz CT molecular complexity index is 779. The predicted octanol–water partition coefficient (Wildman–Crippen LogP) is 3.60. The van der Waals surface area contributed by atoms with Gasteiger partial charge in [-0.1, -0.05) is 30.3 Å². The maximum Gasteiger partial charge on any atom is 0.174 e. The molecule has 0 N–H and O–H groups in total. The van der Waals surface area contributed by atoms with E-state index in [2.05, 4.69) is 10.1 Å². The van der Waals surface area contributed by atoms with E-state index in [4.69, 9.17) is 4.74 Å². The zero-order chi connectivity index (χ0) is 16.5. The molecule has 3 heterocycles. The van der Waals surface area contributed by atoms with E-state index in [1.165, 1.54) is 0 Å². The maximum atomic E-state index is 14.8. The summed E-state index contributed by atoms with van der Waals surface area (Å²) in [6.07, 6.45) is 1.84. The quantitative estimate of drug-likeness (QED) is 0.865. The van der Waals surface area contributed by atoms with E-state index in [1.54, 1.807) is 35.1 Å². The number of fused-ring (bicyclic) bond motifs is 1. The summed E-state index contributed by atoms with van der Waals surface area (Å²) < 4.78 is 22.0. The predicted molar refractivity (Wildman–Crippen MR) is 87.7 cm³/mol. The Hall–Kier alpha value is -2.34. The van der Waals surface area contributed by atoms with Gasteiger partial charge in [-0.05, 0) is 18.4 Å². The van der Waals surface area contributed by atoms with E-state index in [9.17, 15) is 9.18 Å². The van der Waals surface area contributed by atoms with E-state index in [0.717, 1.165) is 12.8 Å². The van der Waals surface area contributed by atoms with Gasteiger partial charge in [-0.25, -0.2) is 14.1 Å². The Balaban J connectivity index is 1.70. The highest BCUT2D eigenvalue weighted by Gasteiger charge is 2.31. The van der Waals surface area contributed by atoms with E-state index >= 15 is 0 Å². The standard InChI is InChI=1S/C18H18FN3O2/c19-17(12-4-2-1-3-5-12)15-10-16(23)14-11-20-22(18(14)21-15)13-6-8-24-9-7-13/h1-5,11,13,17H,6-10H2. The lowest BCUT2D eigenvalue weighted by Gasteiger charge is -2.24. The van der Waals surface area contributed by atoms with Gasteiger partial charge in [-0.15, -0.1) is 0 Å². The van der Waals surface area contributed by atoms with Gasteiger partial charge in [0.25, 0.3) is 0 Å². The van der Waals surface area contributed by atoms with Crippen molar-refractivity contribution in [3.8, 4) is 0 Å². The molecule has 2 aromatic rings. The fourth-order valence-electron chi connectivity index (χ4n) is 3.26. The van der Waals surface area contributed by atoms with Crippen LogP contribution in [0.5, 0.6) is 0 Å². The minimum absolute atomic E-state index is 0.00251. The first kappa shape index (κ1) is 15.2. The monoisotopic (exact) mass is 327 g/mol. The van der Waals surface area contributed by atoms with Gasteiger partial charge in [-0.2, -0.15) is 5.10 Å². The molecule has 0 bridgehead atoms. The highest BCUT2D eigenvalue weighted by atomic mass is 19.1. The molecule has 1 fully saturated rings. The average Bonchev–Trinajstić information content (AvgIpc) is 3.07. The molecule has 0 aliphatic carbocycles. The summed E-state index contributed by atoms with van der Waals surface area (Å²) in [5.74, 6) is 0.374. The van der Waals surface area contributed by atoms with Gasteiger partial charge >= 0.3 is 0 Å². The second-order valence-corrected chi connectivity index (χ2v) is 6.15. The van der Waals surface area contributed by atoms with E-state index in [1.807, 2.05) is 6.07 Å². The van der Waals surface area contributed by atoms with Crippen LogP contribution in [0.2, 0.25) is 0 Å². The van der Waals surface area contributed by atoms with Crippen molar-refractivity contribution in [2.24, 2.45) is 4.99 Å². The number of halogens is 1. The van der Waals surface area contributed by atoms with Crippen LogP contribution in [0.3, 0.4) is 0 Å². The van der Waals surface area contributed by atoms with Crippen molar-refractivity contribution in [1.29, 1.82) is 0 Å². The summed E-state index contributed by atoms with van der Waals surface area (Å²) in [4.78, 5) is 16.9. The third-order valence-corrected chi connectivity index (χ3v) is 4.58. The highest BCUT2D eigenvalue weighted by molar-refractivity contribution is 6.16. The molecule has 1 aromatic heterocycles. The van der Waals surface area contributed by atoms with Crippen molar-refractivity contribution < 1.29 is 13.9 Å². The molecule has 1 aromatic carbocycles. The van der Waals surface area contributed by atoms with Crippen LogP contribution in [0, 0.1) is 0 Å². The Morgan fingerprint density at radius 2 is 1.96 bits per heavy atom. The zero-order valence-electron chi connectivity index (χ0n) is 13.2. The smallest absolute Gasteiger partial charge is 0.174 e. The second kappa shape index (κ2) is 6.28. The third kappa shape index (κ3) is 2.67. The highest BCUT2D eigenvalue weighted by Crippen LogP contribution is 2.35. The molecule has 1 atom stereocenters. The number of hydrogen-bond acceptors (Lipinski definition) is 4. The zero-order valence-corrected chi connectivity index (χ0v) is 13.2. The molecule has 0 amide bonds. The number of nitrogens with zero attached hydrogens (tertiary/aromatic N) is 3. The lowest BCUT2D eigenvalue weighted by Crippen LogP contribution is -2.22. The van der Waals surface area contributed by atoms with Crippen LogP contribution < -0.4 is 0 Å². The lowest BCUT2D eigenvalue weighted by molar-refractivity contribution is 0.0667. The molecule has 1 saturated heterocycles. The number of rotatable bonds is 3. The molecule has 1 unspecified atom stereocenters. The van der Waals surface area contributed by atoms with Crippen molar-refractivity contribution in [3.63, 3.8) is 0 Å². The number of aliphatic imine (C=N–C) groups is 1. The molecule has 2 aliphatic rings. The van der Waals surface area contributed by atoms with Crippen molar-refractivity contribution in [2.45, 2.75) is 31.5 Å².